The van der Waals surface area contributed by atoms with E-state index in [4.69, 9.17) is 4.74 Å². The van der Waals surface area contributed by atoms with Crippen LogP contribution in [-0.4, -0.2) is 30.2 Å². The van der Waals surface area contributed by atoms with E-state index in [9.17, 15) is 10.1 Å². The molecule has 0 aliphatic carbocycles. The number of nitrogens with one attached hydrogen (secondary N) is 2. The summed E-state index contributed by atoms with van der Waals surface area (Å²) in [6.45, 7) is 5.55. The van der Waals surface area contributed by atoms with Crippen LogP contribution in [0.1, 0.15) is 33.1 Å². The Labute approximate surface area is 125 Å². The van der Waals surface area contributed by atoms with Crippen molar-refractivity contribution in [2.45, 2.75) is 45.2 Å². The largest absolute Gasteiger partial charge is 0.487 e. The first-order valence-electron chi connectivity index (χ1n) is 7.53. The molecule has 6 nitrogen and oxygen atoms in total. The predicted molar refractivity (Wildman–Crippen MR) is 83.0 cm³/mol. The van der Waals surface area contributed by atoms with E-state index in [-0.39, 0.29) is 16.7 Å². The van der Waals surface area contributed by atoms with Gasteiger partial charge in [-0.25, -0.2) is 0 Å². The number of hydrogen-bond acceptors (Lipinski definition) is 5. The molecule has 116 valence electrons. The summed E-state index contributed by atoms with van der Waals surface area (Å²) in [5, 5.41) is 18.1. The molecule has 0 saturated carbocycles. The van der Waals surface area contributed by atoms with Crippen LogP contribution in [0.4, 0.5) is 11.4 Å². The van der Waals surface area contributed by atoms with Gasteiger partial charge in [0.1, 0.15) is 5.69 Å². The summed E-state index contributed by atoms with van der Waals surface area (Å²) < 4.78 is 5.51. The molecular formula is C15H23N3O3. The molecule has 1 aliphatic heterocycles. The standard InChI is InChI=1S/C15H23N3O3/c1-3-10-21-14-8-4-6-13(15(14)18(19)20)17-12-7-5-9-16-11(12)2/h4,6,8,11-12,16-17H,3,5,7,9-10H2,1-2H3. The van der Waals surface area contributed by atoms with Gasteiger partial charge in [0.15, 0.2) is 5.75 Å². The molecule has 1 saturated heterocycles. The van der Waals surface area contributed by atoms with Crippen LogP contribution < -0.4 is 15.4 Å². The summed E-state index contributed by atoms with van der Waals surface area (Å²) in [6.07, 6.45) is 2.89. The number of hydrogen-bond donors (Lipinski definition) is 2. The van der Waals surface area contributed by atoms with Crippen molar-refractivity contribution in [3.8, 4) is 5.75 Å². The number of ether oxygens (including phenoxy) is 1. The van der Waals surface area contributed by atoms with E-state index in [1.54, 1.807) is 18.2 Å². The number of nitro benzene ring substituents is 1. The van der Waals surface area contributed by atoms with Gasteiger partial charge in [-0.2, -0.15) is 0 Å². The van der Waals surface area contributed by atoms with Crippen molar-refractivity contribution in [1.82, 2.24) is 5.32 Å². The Balaban J connectivity index is 2.23. The Kier molecular flexibility index (Phi) is 5.38. The van der Waals surface area contributed by atoms with Gasteiger partial charge in [-0.15, -0.1) is 0 Å². The van der Waals surface area contributed by atoms with Crippen molar-refractivity contribution >= 4 is 11.4 Å². The maximum atomic E-state index is 11.4. The van der Waals surface area contributed by atoms with E-state index >= 15 is 0 Å². The molecule has 21 heavy (non-hydrogen) atoms. The van der Waals surface area contributed by atoms with Crippen LogP contribution in [0.15, 0.2) is 18.2 Å². The summed E-state index contributed by atoms with van der Waals surface area (Å²) in [4.78, 5) is 11.0. The summed E-state index contributed by atoms with van der Waals surface area (Å²) >= 11 is 0. The lowest BCUT2D eigenvalue weighted by molar-refractivity contribution is -0.385. The molecule has 1 aromatic carbocycles. The van der Waals surface area contributed by atoms with Crippen LogP contribution in [-0.2, 0) is 0 Å². The number of rotatable bonds is 6. The second kappa shape index (κ2) is 7.26. The molecule has 0 spiro atoms. The Bertz CT molecular complexity index is 493. The minimum atomic E-state index is -0.367. The van der Waals surface area contributed by atoms with Crippen LogP contribution in [0, 0.1) is 10.1 Å². The fraction of sp³-hybridized carbons (Fsp3) is 0.600. The Morgan fingerprint density at radius 1 is 1.52 bits per heavy atom. The highest BCUT2D eigenvalue weighted by molar-refractivity contribution is 5.68. The van der Waals surface area contributed by atoms with Crippen molar-refractivity contribution in [2.24, 2.45) is 0 Å². The van der Waals surface area contributed by atoms with Gasteiger partial charge in [0, 0.05) is 12.1 Å². The minimum absolute atomic E-state index is 0.0312. The van der Waals surface area contributed by atoms with E-state index in [0.29, 0.717) is 24.1 Å². The van der Waals surface area contributed by atoms with Crippen LogP contribution >= 0.6 is 0 Å². The van der Waals surface area contributed by atoms with E-state index < -0.39 is 0 Å². The number of piperidine rings is 1. The van der Waals surface area contributed by atoms with Crippen molar-refractivity contribution in [3.63, 3.8) is 0 Å². The number of para-hydroxylation sites is 1. The third-order valence-corrected chi connectivity index (χ3v) is 3.75. The maximum Gasteiger partial charge on any atom is 0.333 e. The molecule has 2 unspecified atom stereocenters. The highest BCUT2D eigenvalue weighted by Crippen LogP contribution is 2.35. The van der Waals surface area contributed by atoms with Gasteiger partial charge in [0.05, 0.1) is 11.5 Å². The smallest absolute Gasteiger partial charge is 0.333 e. The molecule has 0 amide bonds. The lowest BCUT2D eigenvalue weighted by Crippen LogP contribution is -2.46. The Morgan fingerprint density at radius 2 is 2.33 bits per heavy atom. The zero-order valence-electron chi connectivity index (χ0n) is 12.6. The summed E-state index contributed by atoms with van der Waals surface area (Å²) in [7, 11) is 0. The summed E-state index contributed by atoms with van der Waals surface area (Å²) in [5.41, 5.74) is 0.567. The normalized spacial score (nSPS) is 21.8. The molecular weight excluding hydrogens is 270 g/mol. The highest BCUT2D eigenvalue weighted by atomic mass is 16.6. The number of nitrogens with zero attached hydrogens (tertiary/aromatic N) is 1. The van der Waals surface area contributed by atoms with Gasteiger partial charge in [0.2, 0.25) is 0 Å². The maximum absolute atomic E-state index is 11.4. The van der Waals surface area contributed by atoms with Crippen molar-refractivity contribution in [2.75, 3.05) is 18.5 Å². The molecule has 0 bridgehead atoms. The van der Waals surface area contributed by atoms with Gasteiger partial charge in [-0.3, -0.25) is 10.1 Å². The van der Waals surface area contributed by atoms with Crippen LogP contribution in [0.3, 0.4) is 0 Å². The summed E-state index contributed by atoms with van der Waals surface area (Å²) in [6, 6.07) is 5.68. The lowest BCUT2D eigenvalue weighted by atomic mass is 9.99. The van der Waals surface area contributed by atoms with Gasteiger partial charge in [-0.1, -0.05) is 13.0 Å². The Hall–Kier alpha value is -1.82. The molecule has 1 heterocycles. The molecule has 0 radical (unpaired) electrons. The number of nitro groups is 1. The topological polar surface area (TPSA) is 76.4 Å². The predicted octanol–water partition coefficient (Wildman–Crippen LogP) is 2.94. The summed E-state index contributed by atoms with van der Waals surface area (Å²) in [5.74, 6) is 0.336. The number of benzene rings is 1. The third-order valence-electron chi connectivity index (χ3n) is 3.75. The van der Waals surface area contributed by atoms with Crippen molar-refractivity contribution in [3.05, 3.63) is 28.3 Å². The van der Waals surface area contributed by atoms with E-state index in [1.165, 1.54) is 0 Å². The van der Waals surface area contributed by atoms with Gasteiger partial charge in [-0.05, 0) is 44.9 Å². The highest BCUT2D eigenvalue weighted by Gasteiger charge is 2.26. The van der Waals surface area contributed by atoms with Gasteiger partial charge in [0.25, 0.3) is 0 Å². The average molecular weight is 293 g/mol. The third kappa shape index (κ3) is 3.85. The van der Waals surface area contributed by atoms with Gasteiger partial charge < -0.3 is 15.4 Å². The molecule has 0 aromatic heterocycles. The molecule has 1 fully saturated rings. The zero-order valence-corrected chi connectivity index (χ0v) is 12.6. The van der Waals surface area contributed by atoms with Crippen LogP contribution in [0.5, 0.6) is 5.75 Å². The fourth-order valence-electron chi connectivity index (χ4n) is 2.60. The quantitative estimate of drug-likeness (QED) is 0.623. The lowest BCUT2D eigenvalue weighted by Gasteiger charge is -2.31. The SMILES string of the molecule is CCCOc1cccc(NC2CCCNC2C)c1[N+](=O)[O-]. The molecule has 2 N–H and O–H groups in total. The molecule has 2 atom stereocenters. The van der Waals surface area contributed by atoms with Crippen molar-refractivity contribution in [1.29, 1.82) is 0 Å². The van der Waals surface area contributed by atoms with Crippen LogP contribution in [0.2, 0.25) is 0 Å². The van der Waals surface area contributed by atoms with E-state index in [2.05, 4.69) is 17.6 Å². The first kappa shape index (κ1) is 15.6. The number of anilines is 1. The van der Waals surface area contributed by atoms with Crippen molar-refractivity contribution < 1.29 is 9.66 Å². The molecule has 1 aliphatic rings. The molecule has 2 rings (SSSR count). The second-order valence-electron chi connectivity index (χ2n) is 5.39. The monoisotopic (exact) mass is 293 g/mol. The first-order valence-corrected chi connectivity index (χ1v) is 7.53. The molecule has 1 aromatic rings. The fourth-order valence-corrected chi connectivity index (χ4v) is 2.60. The Morgan fingerprint density at radius 3 is 3.00 bits per heavy atom. The zero-order chi connectivity index (χ0) is 15.2. The molecule has 6 heteroatoms. The van der Waals surface area contributed by atoms with E-state index in [0.717, 1.165) is 25.8 Å². The minimum Gasteiger partial charge on any atom is -0.487 e. The average Bonchev–Trinajstić information content (AvgIpc) is 2.47. The van der Waals surface area contributed by atoms with E-state index in [1.807, 2.05) is 6.92 Å². The van der Waals surface area contributed by atoms with Crippen LogP contribution in [0.25, 0.3) is 0 Å². The second-order valence-corrected chi connectivity index (χ2v) is 5.39. The van der Waals surface area contributed by atoms with Gasteiger partial charge >= 0.3 is 5.69 Å². The first-order chi connectivity index (χ1) is 10.1.